The standard InChI is InChI=1S/C11H11ClO2/c1-8(14)2-3-9-4-5-11(12)10(6-9)7-13/h2-6,13H,7H2,1H3/b3-2+. The van der Waals surface area contributed by atoms with Crippen molar-refractivity contribution in [3.8, 4) is 0 Å². The van der Waals surface area contributed by atoms with Crippen molar-refractivity contribution in [3.05, 3.63) is 40.4 Å². The van der Waals surface area contributed by atoms with Crippen LogP contribution in [0, 0.1) is 0 Å². The topological polar surface area (TPSA) is 37.3 Å². The van der Waals surface area contributed by atoms with E-state index in [9.17, 15) is 4.79 Å². The molecule has 0 heterocycles. The van der Waals surface area contributed by atoms with Crippen LogP contribution in [0.4, 0.5) is 0 Å². The van der Waals surface area contributed by atoms with Crippen LogP contribution in [-0.2, 0) is 11.4 Å². The fraction of sp³-hybridized carbons (Fsp3) is 0.182. The van der Waals surface area contributed by atoms with E-state index in [1.165, 1.54) is 13.0 Å². The van der Waals surface area contributed by atoms with Crippen molar-refractivity contribution >= 4 is 23.5 Å². The molecule has 0 radical (unpaired) electrons. The molecule has 0 aliphatic heterocycles. The lowest BCUT2D eigenvalue weighted by Gasteiger charge is -2.01. The smallest absolute Gasteiger partial charge is 0.152 e. The Kier molecular flexibility index (Phi) is 3.86. The summed E-state index contributed by atoms with van der Waals surface area (Å²) in [7, 11) is 0. The van der Waals surface area contributed by atoms with E-state index >= 15 is 0 Å². The first kappa shape index (κ1) is 11.0. The zero-order chi connectivity index (χ0) is 10.6. The van der Waals surface area contributed by atoms with Gasteiger partial charge in [0.05, 0.1) is 6.61 Å². The summed E-state index contributed by atoms with van der Waals surface area (Å²) in [5.41, 5.74) is 1.52. The summed E-state index contributed by atoms with van der Waals surface area (Å²) < 4.78 is 0. The molecule has 14 heavy (non-hydrogen) atoms. The molecule has 0 saturated heterocycles. The van der Waals surface area contributed by atoms with E-state index in [0.717, 1.165) is 5.56 Å². The van der Waals surface area contributed by atoms with E-state index in [1.54, 1.807) is 24.3 Å². The highest BCUT2D eigenvalue weighted by molar-refractivity contribution is 6.31. The van der Waals surface area contributed by atoms with Crippen molar-refractivity contribution in [1.29, 1.82) is 0 Å². The summed E-state index contributed by atoms with van der Waals surface area (Å²) in [4.78, 5) is 10.7. The predicted molar refractivity (Wildman–Crippen MR) is 57.1 cm³/mol. The van der Waals surface area contributed by atoms with E-state index in [1.807, 2.05) is 0 Å². The minimum absolute atomic E-state index is 0.00880. The molecular formula is C11H11ClO2. The van der Waals surface area contributed by atoms with Gasteiger partial charge in [0.25, 0.3) is 0 Å². The number of hydrogen-bond acceptors (Lipinski definition) is 2. The maximum absolute atomic E-state index is 10.7. The molecule has 0 fully saturated rings. The zero-order valence-corrected chi connectivity index (χ0v) is 8.58. The molecule has 0 saturated carbocycles. The highest BCUT2D eigenvalue weighted by Gasteiger charge is 1.98. The first-order valence-electron chi connectivity index (χ1n) is 4.21. The first-order valence-corrected chi connectivity index (χ1v) is 4.59. The quantitative estimate of drug-likeness (QED) is 0.779. The normalized spacial score (nSPS) is 10.8. The predicted octanol–water partition coefficient (Wildman–Crippen LogP) is 2.43. The lowest BCUT2D eigenvalue weighted by Crippen LogP contribution is -1.86. The second-order valence-electron chi connectivity index (χ2n) is 2.95. The van der Waals surface area contributed by atoms with Crippen LogP contribution in [0.5, 0.6) is 0 Å². The van der Waals surface area contributed by atoms with E-state index < -0.39 is 0 Å². The molecule has 1 N–H and O–H groups in total. The molecule has 74 valence electrons. The van der Waals surface area contributed by atoms with Crippen molar-refractivity contribution in [3.63, 3.8) is 0 Å². The van der Waals surface area contributed by atoms with Crippen LogP contribution in [0.2, 0.25) is 5.02 Å². The Morgan fingerprint density at radius 1 is 1.57 bits per heavy atom. The third kappa shape index (κ3) is 2.98. The molecular weight excluding hydrogens is 200 g/mol. The van der Waals surface area contributed by atoms with Gasteiger partial charge in [-0.3, -0.25) is 4.79 Å². The van der Waals surface area contributed by atoms with Crippen LogP contribution in [-0.4, -0.2) is 10.9 Å². The minimum atomic E-state index is -0.0966. The van der Waals surface area contributed by atoms with Crippen LogP contribution in [0.15, 0.2) is 24.3 Å². The summed E-state index contributed by atoms with van der Waals surface area (Å²) in [5, 5.41) is 9.48. The maximum Gasteiger partial charge on any atom is 0.152 e. The number of aliphatic hydroxyl groups excluding tert-OH is 1. The number of carbonyl (C=O) groups excluding carboxylic acids is 1. The van der Waals surface area contributed by atoms with Gasteiger partial charge in [-0.2, -0.15) is 0 Å². The van der Waals surface area contributed by atoms with Gasteiger partial charge < -0.3 is 5.11 Å². The molecule has 0 unspecified atom stereocenters. The lowest BCUT2D eigenvalue weighted by molar-refractivity contribution is -0.112. The Bertz CT molecular complexity index is 370. The number of ketones is 1. The fourth-order valence-electron chi connectivity index (χ4n) is 1.03. The number of halogens is 1. The monoisotopic (exact) mass is 210 g/mol. The van der Waals surface area contributed by atoms with Crippen LogP contribution < -0.4 is 0 Å². The molecule has 1 aromatic rings. The van der Waals surface area contributed by atoms with Crippen LogP contribution >= 0.6 is 11.6 Å². The van der Waals surface area contributed by atoms with E-state index in [0.29, 0.717) is 10.6 Å². The van der Waals surface area contributed by atoms with E-state index in [4.69, 9.17) is 16.7 Å². The highest BCUT2D eigenvalue weighted by Crippen LogP contribution is 2.18. The average molecular weight is 211 g/mol. The number of allylic oxidation sites excluding steroid dienone is 1. The van der Waals surface area contributed by atoms with Crippen LogP contribution in [0.3, 0.4) is 0 Å². The second kappa shape index (κ2) is 4.94. The Labute approximate surface area is 87.8 Å². The van der Waals surface area contributed by atoms with Gasteiger partial charge in [-0.15, -0.1) is 0 Å². The Morgan fingerprint density at radius 3 is 2.86 bits per heavy atom. The molecule has 2 nitrogen and oxygen atoms in total. The summed E-state index contributed by atoms with van der Waals surface area (Å²) in [6, 6.07) is 5.25. The lowest BCUT2D eigenvalue weighted by atomic mass is 10.1. The van der Waals surface area contributed by atoms with Gasteiger partial charge in [-0.05, 0) is 36.3 Å². The molecule has 1 aromatic carbocycles. The van der Waals surface area contributed by atoms with Gasteiger partial charge >= 0.3 is 0 Å². The maximum atomic E-state index is 10.7. The molecule has 1 rings (SSSR count). The van der Waals surface area contributed by atoms with Crippen molar-refractivity contribution in [1.82, 2.24) is 0 Å². The molecule has 0 amide bonds. The second-order valence-corrected chi connectivity index (χ2v) is 3.36. The van der Waals surface area contributed by atoms with Gasteiger partial charge in [-0.1, -0.05) is 23.7 Å². The third-order valence-corrected chi connectivity index (χ3v) is 2.12. The molecule has 0 spiro atoms. The Morgan fingerprint density at radius 2 is 2.29 bits per heavy atom. The Hall–Kier alpha value is -1.12. The van der Waals surface area contributed by atoms with Gasteiger partial charge in [0.1, 0.15) is 0 Å². The molecule has 0 bridgehead atoms. The Balaban J connectivity index is 2.95. The van der Waals surface area contributed by atoms with Gasteiger partial charge in [-0.25, -0.2) is 0 Å². The average Bonchev–Trinajstić information content (AvgIpc) is 2.16. The molecule has 0 atom stereocenters. The summed E-state index contributed by atoms with van der Waals surface area (Å²) in [5.74, 6) is -0.00880. The van der Waals surface area contributed by atoms with Crippen molar-refractivity contribution in [2.45, 2.75) is 13.5 Å². The van der Waals surface area contributed by atoms with Crippen LogP contribution in [0.1, 0.15) is 18.1 Å². The summed E-state index contributed by atoms with van der Waals surface area (Å²) in [6.07, 6.45) is 3.17. The zero-order valence-electron chi connectivity index (χ0n) is 7.83. The van der Waals surface area contributed by atoms with E-state index in [-0.39, 0.29) is 12.4 Å². The van der Waals surface area contributed by atoms with Gasteiger partial charge in [0, 0.05) is 5.02 Å². The number of carbonyl (C=O) groups is 1. The molecule has 0 aliphatic rings. The molecule has 0 aromatic heterocycles. The number of rotatable bonds is 3. The van der Waals surface area contributed by atoms with Crippen LogP contribution in [0.25, 0.3) is 6.08 Å². The van der Waals surface area contributed by atoms with Crippen molar-refractivity contribution in [2.75, 3.05) is 0 Å². The number of benzene rings is 1. The van der Waals surface area contributed by atoms with Crippen molar-refractivity contribution < 1.29 is 9.90 Å². The first-order chi connectivity index (χ1) is 6.63. The number of hydrogen-bond donors (Lipinski definition) is 1. The van der Waals surface area contributed by atoms with Crippen molar-refractivity contribution in [2.24, 2.45) is 0 Å². The highest BCUT2D eigenvalue weighted by atomic mass is 35.5. The summed E-state index contributed by atoms with van der Waals surface area (Å²) >= 11 is 5.81. The largest absolute Gasteiger partial charge is 0.392 e. The van der Waals surface area contributed by atoms with E-state index in [2.05, 4.69) is 0 Å². The SMILES string of the molecule is CC(=O)/C=C/c1ccc(Cl)c(CO)c1. The fourth-order valence-corrected chi connectivity index (χ4v) is 1.21. The minimum Gasteiger partial charge on any atom is -0.392 e. The molecule has 0 aliphatic carbocycles. The molecule has 3 heteroatoms. The summed E-state index contributed by atoms with van der Waals surface area (Å²) in [6.45, 7) is 1.39. The third-order valence-electron chi connectivity index (χ3n) is 1.75. The van der Waals surface area contributed by atoms with Gasteiger partial charge in [0.15, 0.2) is 5.78 Å². The number of aliphatic hydroxyl groups is 1. The van der Waals surface area contributed by atoms with Gasteiger partial charge in [0.2, 0.25) is 0 Å².